The topological polar surface area (TPSA) is 29.5 Å². The molecule has 0 N–H and O–H groups in total. The molecule has 0 unspecified atom stereocenters. The van der Waals surface area contributed by atoms with Gasteiger partial charge in [-0.25, -0.2) is 0 Å². The van der Waals surface area contributed by atoms with Gasteiger partial charge in [0.25, 0.3) is 0 Å². The number of amides is 1. The van der Waals surface area contributed by atoms with Crippen LogP contribution in [-0.4, -0.2) is 38.1 Å². The minimum absolute atomic E-state index is 0.576. The molecule has 3 nitrogen and oxygen atoms in total. The highest BCUT2D eigenvalue weighted by Crippen LogP contribution is 1.82. The van der Waals surface area contributed by atoms with E-state index >= 15 is 0 Å². The molecule has 0 aromatic carbocycles. The summed E-state index contributed by atoms with van der Waals surface area (Å²) in [5, 5.41) is 0. The van der Waals surface area contributed by atoms with Gasteiger partial charge in [-0.1, -0.05) is 6.08 Å². The Hall–Kier alpha value is -0.830. The number of ether oxygens (including phenoxy) is 1. The average Bonchev–Trinajstić information content (AvgIpc) is 1.98. The summed E-state index contributed by atoms with van der Waals surface area (Å²) in [5.41, 5.74) is 0. The van der Waals surface area contributed by atoms with Gasteiger partial charge in [0, 0.05) is 20.2 Å². The van der Waals surface area contributed by atoms with Crippen LogP contribution in [0.3, 0.4) is 0 Å². The Labute approximate surface area is 61.3 Å². The fraction of sp³-hybridized carbons (Fsp3) is 0.571. The van der Waals surface area contributed by atoms with Gasteiger partial charge in [-0.15, -0.1) is 6.58 Å². The molecule has 1 amide bonds. The number of nitrogens with zero attached hydrogens (tertiary/aromatic N) is 1. The zero-order chi connectivity index (χ0) is 7.82. The Morgan fingerprint density at radius 3 is 2.80 bits per heavy atom. The Balaban J connectivity index is 3.38. The number of carbonyl (C=O) groups is 1. The summed E-state index contributed by atoms with van der Waals surface area (Å²) in [5.74, 6) is 0. The van der Waals surface area contributed by atoms with Crippen molar-refractivity contribution in [3.8, 4) is 0 Å². The van der Waals surface area contributed by atoms with E-state index in [-0.39, 0.29) is 0 Å². The number of rotatable bonds is 6. The van der Waals surface area contributed by atoms with Crippen LogP contribution < -0.4 is 0 Å². The van der Waals surface area contributed by atoms with Crippen LogP contribution in [0.1, 0.15) is 0 Å². The van der Waals surface area contributed by atoms with Crippen LogP contribution in [-0.2, 0) is 9.53 Å². The van der Waals surface area contributed by atoms with Crippen LogP contribution in [0.4, 0.5) is 0 Å². The van der Waals surface area contributed by atoms with Crippen molar-refractivity contribution in [3.63, 3.8) is 0 Å². The summed E-state index contributed by atoms with van der Waals surface area (Å²) in [4.78, 5) is 11.8. The van der Waals surface area contributed by atoms with E-state index in [9.17, 15) is 4.79 Å². The Morgan fingerprint density at radius 1 is 1.70 bits per heavy atom. The third-order valence-electron chi connectivity index (χ3n) is 1.10. The molecule has 0 aromatic heterocycles. The summed E-state index contributed by atoms with van der Waals surface area (Å²) < 4.78 is 4.79. The molecule has 0 fully saturated rings. The third-order valence-corrected chi connectivity index (χ3v) is 1.10. The fourth-order valence-electron chi connectivity index (χ4n) is 0.561. The van der Waals surface area contributed by atoms with E-state index in [4.69, 9.17) is 4.74 Å². The predicted molar refractivity (Wildman–Crippen MR) is 39.7 cm³/mol. The van der Waals surface area contributed by atoms with E-state index in [1.54, 1.807) is 18.1 Å². The third kappa shape index (κ3) is 4.09. The first-order chi connectivity index (χ1) is 4.85. The van der Waals surface area contributed by atoms with Crippen molar-refractivity contribution in [1.29, 1.82) is 0 Å². The maximum absolute atomic E-state index is 10.2. The number of hydrogen-bond donors (Lipinski definition) is 0. The molecule has 0 radical (unpaired) electrons. The zero-order valence-electron chi connectivity index (χ0n) is 6.25. The second kappa shape index (κ2) is 6.29. The molecule has 0 saturated carbocycles. The van der Waals surface area contributed by atoms with Gasteiger partial charge in [0.05, 0.1) is 6.61 Å². The summed E-state index contributed by atoms with van der Waals surface area (Å²) in [6, 6.07) is 0. The lowest BCUT2D eigenvalue weighted by Crippen LogP contribution is -2.25. The van der Waals surface area contributed by atoms with Crippen LogP contribution in [0.5, 0.6) is 0 Å². The molecule has 0 saturated heterocycles. The monoisotopic (exact) mass is 143 g/mol. The number of carbonyl (C=O) groups excluding carboxylic acids is 1. The van der Waals surface area contributed by atoms with E-state index in [1.807, 2.05) is 0 Å². The maximum atomic E-state index is 10.2. The first-order valence-corrected chi connectivity index (χ1v) is 3.14. The molecule has 0 atom stereocenters. The van der Waals surface area contributed by atoms with E-state index < -0.39 is 0 Å². The fourth-order valence-corrected chi connectivity index (χ4v) is 0.561. The van der Waals surface area contributed by atoms with Crippen molar-refractivity contribution in [2.75, 3.05) is 26.8 Å². The predicted octanol–water partition coefficient (Wildman–Crippen LogP) is 0.277. The summed E-state index contributed by atoms with van der Waals surface area (Å²) in [7, 11) is 1.61. The van der Waals surface area contributed by atoms with Crippen LogP contribution in [0.25, 0.3) is 0 Å². The molecule has 0 aliphatic carbocycles. The van der Waals surface area contributed by atoms with Crippen LogP contribution in [0.15, 0.2) is 12.7 Å². The van der Waals surface area contributed by atoms with Gasteiger partial charge in [0.15, 0.2) is 0 Å². The lowest BCUT2D eigenvalue weighted by molar-refractivity contribution is -0.118. The minimum atomic E-state index is 0.576. The van der Waals surface area contributed by atoms with Crippen molar-refractivity contribution < 1.29 is 9.53 Å². The van der Waals surface area contributed by atoms with E-state index in [0.717, 1.165) is 6.41 Å². The molecular formula is C7H13NO2. The Morgan fingerprint density at radius 2 is 2.40 bits per heavy atom. The molecule has 0 aromatic rings. The second-order valence-electron chi connectivity index (χ2n) is 1.88. The summed E-state index contributed by atoms with van der Waals surface area (Å²) in [6.45, 7) is 5.31. The van der Waals surface area contributed by atoms with Gasteiger partial charge in [-0.05, 0) is 0 Å². The molecule has 0 aliphatic rings. The number of hydrogen-bond acceptors (Lipinski definition) is 2. The molecule has 3 heteroatoms. The SMILES string of the molecule is C=CCN(C=O)CCOC. The van der Waals surface area contributed by atoms with Gasteiger partial charge in [-0.3, -0.25) is 4.79 Å². The first kappa shape index (κ1) is 9.17. The molecule has 0 spiro atoms. The van der Waals surface area contributed by atoms with Crippen LogP contribution >= 0.6 is 0 Å². The highest BCUT2D eigenvalue weighted by molar-refractivity contribution is 5.47. The molecule has 0 heterocycles. The smallest absolute Gasteiger partial charge is 0.210 e. The lowest BCUT2D eigenvalue weighted by Gasteiger charge is -2.13. The van der Waals surface area contributed by atoms with Gasteiger partial charge in [0.2, 0.25) is 6.41 Å². The van der Waals surface area contributed by atoms with Gasteiger partial charge in [0.1, 0.15) is 0 Å². The molecule has 10 heavy (non-hydrogen) atoms. The minimum Gasteiger partial charge on any atom is -0.383 e. The Kier molecular flexibility index (Phi) is 5.77. The van der Waals surface area contributed by atoms with Crippen molar-refractivity contribution in [2.24, 2.45) is 0 Å². The van der Waals surface area contributed by atoms with E-state index in [1.165, 1.54) is 0 Å². The molecule has 0 aliphatic heterocycles. The zero-order valence-corrected chi connectivity index (χ0v) is 6.25. The van der Waals surface area contributed by atoms with Gasteiger partial charge in [-0.2, -0.15) is 0 Å². The normalized spacial score (nSPS) is 8.90. The standard InChI is InChI=1S/C7H13NO2/c1-3-4-8(7-9)5-6-10-2/h3,7H,1,4-6H2,2H3. The maximum Gasteiger partial charge on any atom is 0.210 e. The van der Waals surface area contributed by atoms with Crippen LogP contribution in [0.2, 0.25) is 0 Å². The van der Waals surface area contributed by atoms with Gasteiger partial charge >= 0.3 is 0 Å². The number of methoxy groups -OCH3 is 1. The van der Waals surface area contributed by atoms with Crippen molar-refractivity contribution >= 4 is 6.41 Å². The van der Waals surface area contributed by atoms with Gasteiger partial charge < -0.3 is 9.64 Å². The van der Waals surface area contributed by atoms with E-state index in [0.29, 0.717) is 19.7 Å². The molecule has 0 bridgehead atoms. The lowest BCUT2D eigenvalue weighted by atomic mass is 10.5. The highest BCUT2D eigenvalue weighted by Gasteiger charge is 1.95. The second-order valence-corrected chi connectivity index (χ2v) is 1.88. The van der Waals surface area contributed by atoms with Crippen LogP contribution in [0, 0.1) is 0 Å². The van der Waals surface area contributed by atoms with E-state index in [2.05, 4.69) is 6.58 Å². The van der Waals surface area contributed by atoms with Crippen molar-refractivity contribution in [2.45, 2.75) is 0 Å². The molecule has 58 valence electrons. The summed E-state index contributed by atoms with van der Waals surface area (Å²) >= 11 is 0. The average molecular weight is 143 g/mol. The summed E-state index contributed by atoms with van der Waals surface area (Å²) in [6.07, 6.45) is 2.48. The van der Waals surface area contributed by atoms with Crippen molar-refractivity contribution in [3.05, 3.63) is 12.7 Å². The molecular weight excluding hydrogens is 130 g/mol. The van der Waals surface area contributed by atoms with Crippen molar-refractivity contribution in [1.82, 2.24) is 4.90 Å². The highest BCUT2D eigenvalue weighted by atomic mass is 16.5. The largest absolute Gasteiger partial charge is 0.383 e. The first-order valence-electron chi connectivity index (χ1n) is 3.14. The quantitative estimate of drug-likeness (QED) is 0.395. The Bertz CT molecular complexity index is 104. The molecule has 0 rings (SSSR count).